The first kappa shape index (κ1) is 12.7. The Kier molecular flexibility index (Phi) is 4.98. The van der Waals surface area contributed by atoms with Gasteiger partial charge in [0.1, 0.15) is 0 Å². The zero-order valence-electron chi connectivity index (χ0n) is 10.2. The summed E-state index contributed by atoms with van der Waals surface area (Å²) in [5.41, 5.74) is 1.12. The highest BCUT2D eigenvalue weighted by Gasteiger charge is 2.04. The van der Waals surface area contributed by atoms with Gasteiger partial charge in [-0.2, -0.15) is 0 Å². The van der Waals surface area contributed by atoms with Gasteiger partial charge in [0.15, 0.2) is 0 Å². The molecule has 5 heteroatoms. The van der Waals surface area contributed by atoms with E-state index in [1.807, 2.05) is 12.5 Å². The fourth-order valence-corrected chi connectivity index (χ4v) is 1.39. The minimum Gasteiger partial charge on any atom is -0.348 e. The highest BCUT2D eigenvalue weighted by molar-refractivity contribution is 5.77. The fourth-order valence-electron chi connectivity index (χ4n) is 1.39. The second-order valence-corrected chi connectivity index (χ2v) is 3.97. The first-order chi connectivity index (χ1) is 7.65. The van der Waals surface area contributed by atoms with E-state index in [1.54, 1.807) is 19.0 Å². The van der Waals surface area contributed by atoms with Crippen LogP contribution >= 0.6 is 0 Å². The lowest BCUT2D eigenvalue weighted by atomic mass is 10.4. The standard InChI is InChI=1S/C11H20N4O/c1-4-5-15-9-13-7-10(15)6-12-8-11(16)14(2)3/h7,9,12H,4-6,8H2,1-3H3. The van der Waals surface area contributed by atoms with E-state index in [0.717, 1.165) is 18.7 Å². The van der Waals surface area contributed by atoms with Crippen LogP contribution in [0, 0.1) is 0 Å². The number of rotatable bonds is 6. The molecule has 0 bridgehead atoms. The molecule has 0 saturated carbocycles. The third kappa shape index (κ3) is 3.66. The third-order valence-electron chi connectivity index (χ3n) is 2.34. The molecule has 1 N–H and O–H groups in total. The van der Waals surface area contributed by atoms with Gasteiger partial charge in [-0.05, 0) is 6.42 Å². The minimum atomic E-state index is 0.0848. The Morgan fingerprint density at radius 3 is 2.94 bits per heavy atom. The summed E-state index contributed by atoms with van der Waals surface area (Å²) in [7, 11) is 3.51. The van der Waals surface area contributed by atoms with Crippen LogP contribution in [0.2, 0.25) is 0 Å². The lowest BCUT2D eigenvalue weighted by Crippen LogP contribution is -2.33. The first-order valence-electron chi connectivity index (χ1n) is 5.55. The van der Waals surface area contributed by atoms with Gasteiger partial charge in [-0.15, -0.1) is 0 Å². The Labute approximate surface area is 96.5 Å². The number of hydrogen-bond donors (Lipinski definition) is 1. The summed E-state index contributed by atoms with van der Waals surface area (Å²) in [4.78, 5) is 17.0. The molecule has 1 rings (SSSR count). The predicted molar refractivity (Wildman–Crippen MR) is 62.9 cm³/mol. The topological polar surface area (TPSA) is 50.2 Å². The van der Waals surface area contributed by atoms with Crippen molar-refractivity contribution >= 4 is 5.91 Å². The highest BCUT2D eigenvalue weighted by atomic mass is 16.2. The van der Waals surface area contributed by atoms with E-state index in [-0.39, 0.29) is 5.91 Å². The van der Waals surface area contributed by atoms with E-state index in [1.165, 1.54) is 0 Å². The quantitative estimate of drug-likeness (QED) is 0.764. The van der Waals surface area contributed by atoms with Gasteiger partial charge in [0.25, 0.3) is 0 Å². The molecule has 5 nitrogen and oxygen atoms in total. The smallest absolute Gasteiger partial charge is 0.236 e. The Bertz CT molecular complexity index is 332. The number of aryl methyl sites for hydroxylation is 1. The van der Waals surface area contributed by atoms with Crippen LogP contribution in [0.25, 0.3) is 0 Å². The van der Waals surface area contributed by atoms with Crippen LogP contribution in [0.15, 0.2) is 12.5 Å². The average Bonchev–Trinajstić information content (AvgIpc) is 2.66. The molecule has 0 aliphatic carbocycles. The van der Waals surface area contributed by atoms with Crippen LogP contribution in [-0.2, 0) is 17.9 Å². The lowest BCUT2D eigenvalue weighted by Gasteiger charge is -2.11. The maximum absolute atomic E-state index is 11.3. The zero-order chi connectivity index (χ0) is 12.0. The summed E-state index contributed by atoms with van der Waals surface area (Å²) in [6, 6.07) is 0. The van der Waals surface area contributed by atoms with E-state index >= 15 is 0 Å². The Hall–Kier alpha value is -1.36. The fraction of sp³-hybridized carbons (Fsp3) is 0.636. The number of imidazole rings is 1. The molecule has 0 fully saturated rings. The molecule has 1 aromatic heterocycles. The van der Waals surface area contributed by atoms with E-state index in [2.05, 4.69) is 21.8 Å². The van der Waals surface area contributed by atoms with E-state index < -0.39 is 0 Å². The predicted octanol–water partition coefficient (Wildman–Crippen LogP) is 0.471. The van der Waals surface area contributed by atoms with Crippen LogP contribution < -0.4 is 5.32 Å². The largest absolute Gasteiger partial charge is 0.348 e. The molecule has 0 aromatic carbocycles. The van der Waals surface area contributed by atoms with Gasteiger partial charge >= 0.3 is 0 Å². The third-order valence-corrected chi connectivity index (χ3v) is 2.34. The van der Waals surface area contributed by atoms with Gasteiger partial charge in [0.2, 0.25) is 5.91 Å². The number of nitrogens with zero attached hydrogens (tertiary/aromatic N) is 3. The summed E-state index contributed by atoms with van der Waals surface area (Å²) < 4.78 is 2.10. The SMILES string of the molecule is CCCn1cncc1CNCC(=O)N(C)C. The highest BCUT2D eigenvalue weighted by Crippen LogP contribution is 2.00. The number of amides is 1. The number of likely N-dealkylation sites (N-methyl/N-ethyl adjacent to an activating group) is 1. The maximum Gasteiger partial charge on any atom is 0.236 e. The van der Waals surface area contributed by atoms with E-state index in [9.17, 15) is 4.79 Å². The Morgan fingerprint density at radius 1 is 1.56 bits per heavy atom. The van der Waals surface area contributed by atoms with E-state index in [4.69, 9.17) is 0 Å². The molecule has 0 atom stereocenters. The number of carbonyl (C=O) groups excluding carboxylic acids is 1. The van der Waals surface area contributed by atoms with Crippen LogP contribution in [0.3, 0.4) is 0 Å². The molecule has 0 saturated heterocycles. The second kappa shape index (κ2) is 6.27. The Morgan fingerprint density at radius 2 is 2.31 bits per heavy atom. The van der Waals surface area contributed by atoms with Gasteiger partial charge in [-0.1, -0.05) is 6.92 Å². The van der Waals surface area contributed by atoms with E-state index in [0.29, 0.717) is 13.1 Å². The van der Waals surface area contributed by atoms with Crippen molar-refractivity contribution in [2.75, 3.05) is 20.6 Å². The van der Waals surface area contributed by atoms with Crippen molar-refractivity contribution < 1.29 is 4.79 Å². The van der Waals surface area contributed by atoms with Crippen molar-refractivity contribution in [1.82, 2.24) is 19.8 Å². The summed E-state index contributed by atoms with van der Waals surface area (Å²) in [6.45, 7) is 4.15. The number of carbonyl (C=O) groups is 1. The average molecular weight is 224 g/mol. The molecular formula is C11H20N4O. The summed E-state index contributed by atoms with van der Waals surface area (Å²) in [5.74, 6) is 0.0848. The van der Waals surface area contributed by atoms with Crippen LogP contribution in [0.4, 0.5) is 0 Å². The minimum absolute atomic E-state index is 0.0848. The van der Waals surface area contributed by atoms with Crippen molar-refractivity contribution in [3.63, 3.8) is 0 Å². The van der Waals surface area contributed by atoms with Crippen LogP contribution in [0.1, 0.15) is 19.0 Å². The molecule has 90 valence electrons. The van der Waals surface area contributed by atoms with Crippen molar-refractivity contribution in [3.8, 4) is 0 Å². The van der Waals surface area contributed by atoms with Crippen molar-refractivity contribution in [1.29, 1.82) is 0 Å². The molecule has 1 amide bonds. The van der Waals surface area contributed by atoms with Gasteiger partial charge in [-0.25, -0.2) is 4.98 Å². The van der Waals surface area contributed by atoms with Crippen molar-refractivity contribution in [2.45, 2.75) is 26.4 Å². The molecule has 0 aliphatic rings. The normalized spacial score (nSPS) is 10.4. The molecule has 1 aromatic rings. The summed E-state index contributed by atoms with van der Waals surface area (Å²) in [5, 5.41) is 3.12. The van der Waals surface area contributed by atoms with Crippen LogP contribution in [0.5, 0.6) is 0 Å². The van der Waals surface area contributed by atoms with Crippen molar-refractivity contribution in [2.24, 2.45) is 0 Å². The number of aromatic nitrogens is 2. The van der Waals surface area contributed by atoms with Crippen LogP contribution in [-0.4, -0.2) is 41.0 Å². The van der Waals surface area contributed by atoms with Gasteiger partial charge < -0.3 is 14.8 Å². The Balaban J connectivity index is 2.37. The van der Waals surface area contributed by atoms with Gasteiger partial charge in [-0.3, -0.25) is 4.79 Å². The lowest BCUT2D eigenvalue weighted by molar-refractivity contribution is -0.127. The first-order valence-corrected chi connectivity index (χ1v) is 5.55. The summed E-state index contributed by atoms with van der Waals surface area (Å²) >= 11 is 0. The van der Waals surface area contributed by atoms with Gasteiger partial charge in [0.05, 0.1) is 18.6 Å². The molecule has 16 heavy (non-hydrogen) atoms. The monoisotopic (exact) mass is 224 g/mol. The summed E-state index contributed by atoms with van der Waals surface area (Å²) in [6.07, 6.45) is 4.75. The number of nitrogens with one attached hydrogen (secondary N) is 1. The molecule has 1 heterocycles. The number of hydrogen-bond acceptors (Lipinski definition) is 3. The second-order valence-electron chi connectivity index (χ2n) is 3.97. The molecule has 0 spiro atoms. The molecular weight excluding hydrogens is 204 g/mol. The van der Waals surface area contributed by atoms with Crippen molar-refractivity contribution in [3.05, 3.63) is 18.2 Å². The zero-order valence-corrected chi connectivity index (χ0v) is 10.2. The molecule has 0 radical (unpaired) electrons. The maximum atomic E-state index is 11.3. The van der Waals surface area contributed by atoms with Gasteiger partial charge in [0, 0.05) is 33.4 Å². The molecule has 0 aliphatic heterocycles. The molecule has 0 unspecified atom stereocenters.